The SMILES string of the molecule is CC(C)c1cccc(C(C)C)c1N1C(=O)c2ccc3c4cccc5c(CCCCCCO)ccc(c6ccc(c2c36)C1=O)c54. The zero-order valence-electron chi connectivity index (χ0n) is 26.0. The number of aliphatic hydroxyl groups is 1. The number of hydrogen-bond donors (Lipinski definition) is 1. The highest BCUT2D eigenvalue weighted by Crippen LogP contribution is 2.46. The van der Waals surface area contributed by atoms with Crippen molar-refractivity contribution in [3.63, 3.8) is 0 Å². The number of imide groups is 1. The molecule has 44 heavy (non-hydrogen) atoms. The number of unbranched alkanes of at least 4 members (excludes halogenated alkanes) is 3. The van der Waals surface area contributed by atoms with E-state index in [1.165, 1.54) is 21.2 Å². The standard InChI is InChI=1S/C40H39NO3/c1-23(2)26-12-9-13-27(24(3)4)38(26)41-39(43)33-20-18-31-29-15-10-14-28-25(11-7-5-6-8-22-42)16-17-30(35(28)29)32-19-21-34(40(41)44)37(33)36(31)32/h9-10,12-21,23-24,42H,5-8,11,22H2,1-4H3. The van der Waals surface area contributed by atoms with Crippen molar-refractivity contribution in [3.05, 3.63) is 101 Å². The molecule has 0 radical (unpaired) electrons. The van der Waals surface area contributed by atoms with Crippen molar-refractivity contribution >= 4 is 60.6 Å². The van der Waals surface area contributed by atoms with E-state index < -0.39 is 0 Å². The van der Waals surface area contributed by atoms with Crippen molar-refractivity contribution in [2.24, 2.45) is 0 Å². The summed E-state index contributed by atoms with van der Waals surface area (Å²) in [5.74, 6) is -0.185. The van der Waals surface area contributed by atoms with E-state index in [0.717, 1.165) is 81.2 Å². The number of para-hydroxylation sites is 1. The molecule has 222 valence electrons. The molecule has 0 atom stereocenters. The molecule has 0 saturated heterocycles. The van der Waals surface area contributed by atoms with E-state index in [-0.39, 0.29) is 30.3 Å². The second-order valence-corrected chi connectivity index (χ2v) is 13.0. The van der Waals surface area contributed by atoms with E-state index in [1.54, 1.807) is 0 Å². The third-order valence-electron chi connectivity index (χ3n) is 9.66. The van der Waals surface area contributed by atoms with Crippen molar-refractivity contribution < 1.29 is 14.7 Å². The minimum absolute atomic E-state index is 0.156. The van der Waals surface area contributed by atoms with E-state index in [1.807, 2.05) is 30.3 Å². The zero-order valence-corrected chi connectivity index (χ0v) is 26.0. The second-order valence-electron chi connectivity index (χ2n) is 13.0. The number of anilines is 1. The normalized spacial score (nSPS) is 13.7. The summed E-state index contributed by atoms with van der Waals surface area (Å²) in [6, 6.07) is 25.2. The Balaban J connectivity index is 1.43. The predicted octanol–water partition coefficient (Wildman–Crippen LogP) is 9.88. The molecule has 0 saturated carbocycles. The van der Waals surface area contributed by atoms with Crippen LogP contribution in [0.3, 0.4) is 0 Å². The molecule has 7 rings (SSSR count). The molecule has 4 heteroatoms. The fraction of sp³-hybridized carbons (Fsp3) is 0.300. The number of amides is 2. The Kier molecular flexibility index (Phi) is 7.13. The van der Waals surface area contributed by atoms with E-state index in [4.69, 9.17) is 5.11 Å². The van der Waals surface area contributed by atoms with Crippen LogP contribution in [0.5, 0.6) is 0 Å². The summed E-state index contributed by atoms with van der Waals surface area (Å²) in [4.78, 5) is 30.3. The molecular weight excluding hydrogens is 542 g/mol. The largest absolute Gasteiger partial charge is 0.396 e. The zero-order chi connectivity index (χ0) is 30.7. The number of aryl methyl sites for hydroxylation is 1. The van der Waals surface area contributed by atoms with Crippen LogP contribution in [0.2, 0.25) is 0 Å². The molecule has 0 unspecified atom stereocenters. The predicted molar refractivity (Wildman–Crippen MR) is 183 cm³/mol. The maximum absolute atomic E-state index is 14.4. The van der Waals surface area contributed by atoms with Gasteiger partial charge in [0.2, 0.25) is 0 Å². The Morgan fingerprint density at radius 1 is 0.568 bits per heavy atom. The fourth-order valence-electron chi connectivity index (χ4n) is 7.52. The maximum Gasteiger partial charge on any atom is 0.266 e. The number of benzene rings is 6. The smallest absolute Gasteiger partial charge is 0.266 e. The van der Waals surface area contributed by atoms with Crippen LogP contribution >= 0.6 is 0 Å². The lowest BCUT2D eigenvalue weighted by Gasteiger charge is -2.32. The topological polar surface area (TPSA) is 57.6 Å². The van der Waals surface area contributed by atoms with Crippen LogP contribution < -0.4 is 4.90 Å². The molecule has 6 aromatic rings. The van der Waals surface area contributed by atoms with Gasteiger partial charge in [0.1, 0.15) is 0 Å². The quantitative estimate of drug-likeness (QED) is 0.0800. The Bertz CT molecular complexity index is 1990. The Morgan fingerprint density at radius 2 is 1.09 bits per heavy atom. The van der Waals surface area contributed by atoms with Crippen molar-refractivity contribution in [3.8, 4) is 0 Å². The van der Waals surface area contributed by atoms with Crippen molar-refractivity contribution in [2.75, 3.05) is 11.5 Å². The molecule has 2 amide bonds. The molecule has 0 spiro atoms. The first kappa shape index (κ1) is 28.5. The summed E-state index contributed by atoms with van der Waals surface area (Å²) in [5.41, 5.74) is 5.28. The van der Waals surface area contributed by atoms with Crippen molar-refractivity contribution in [1.29, 1.82) is 0 Å². The average Bonchev–Trinajstić information content (AvgIpc) is 3.02. The minimum atomic E-state index is -0.248. The van der Waals surface area contributed by atoms with Crippen LogP contribution in [0, 0.1) is 0 Å². The first-order valence-electron chi connectivity index (χ1n) is 16.1. The van der Waals surface area contributed by atoms with E-state index in [2.05, 4.69) is 70.2 Å². The molecule has 1 heterocycles. The molecular formula is C40H39NO3. The van der Waals surface area contributed by atoms with Crippen LogP contribution in [0.25, 0.3) is 43.1 Å². The van der Waals surface area contributed by atoms with Gasteiger partial charge in [-0.15, -0.1) is 0 Å². The first-order valence-corrected chi connectivity index (χ1v) is 16.1. The summed E-state index contributed by atoms with van der Waals surface area (Å²) in [5, 5.41) is 17.9. The van der Waals surface area contributed by atoms with E-state index in [9.17, 15) is 9.59 Å². The molecule has 0 aromatic heterocycles. The third kappa shape index (κ3) is 4.22. The van der Waals surface area contributed by atoms with Gasteiger partial charge in [-0.05, 0) is 97.6 Å². The molecule has 4 nitrogen and oxygen atoms in total. The lowest BCUT2D eigenvalue weighted by molar-refractivity contribution is 0.0893. The highest BCUT2D eigenvalue weighted by molar-refractivity contribution is 6.42. The van der Waals surface area contributed by atoms with Gasteiger partial charge in [0, 0.05) is 23.1 Å². The Labute approximate surface area is 258 Å². The van der Waals surface area contributed by atoms with Gasteiger partial charge in [0.25, 0.3) is 11.8 Å². The van der Waals surface area contributed by atoms with Crippen LogP contribution in [0.15, 0.2) is 72.8 Å². The highest BCUT2D eigenvalue weighted by Gasteiger charge is 2.37. The monoisotopic (exact) mass is 581 g/mol. The van der Waals surface area contributed by atoms with Gasteiger partial charge >= 0.3 is 0 Å². The van der Waals surface area contributed by atoms with Gasteiger partial charge < -0.3 is 5.11 Å². The summed E-state index contributed by atoms with van der Waals surface area (Å²) in [6.45, 7) is 8.71. The van der Waals surface area contributed by atoms with Crippen LogP contribution in [0.4, 0.5) is 5.69 Å². The molecule has 1 N–H and O–H groups in total. The number of fused-ring (bicyclic) bond motifs is 2. The number of carbonyl (C=O) groups excluding carboxylic acids is 2. The maximum atomic E-state index is 14.4. The van der Waals surface area contributed by atoms with Gasteiger partial charge in [-0.25, -0.2) is 4.90 Å². The lowest BCUT2D eigenvalue weighted by atomic mass is 9.83. The average molecular weight is 582 g/mol. The summed E-state index contributed by atoms with van der Waals surface area (Å²) in [7, 11) is 0. The number of nitrogens with zero attached hydrogens (tertiary/aromatic N) is 1. The first-order chi connectivity index (χ1) is 21.3. The second kappa shape index (κ2) is 11.0. The lowest BCUT2D eigenvalue weighted by Crippen LogP contribution is -2.41. The highest BCUT2D eigenvalue weighted by atomic mass is 16.3. The molecule has 0 aliphatic carbocycles. The summed E-state index contributed by atoms with van der Waals surface area (Å²) in [6.07, 6.45) is 5.11. The van der Waals surface area contributed by atoms with Gasteiger partial charge in [0.15, 0.2) is 0 Å². The van der Waals surface area contributed by atoms with Crippen molar-refractivity contribution in [2.45, 2.75) is 71.6 Å². The molecule has 6 aromatic carbocycles. The van der Waals surface area contributed by atoms with E-state index in [0.29, 0.717) is 11.1 Å². The van der Waals surface area contributed by atoms with Gasteiger partial charge in [0.05, 0.1) is 5.69 Å². The van der Waals surface area contributed by atoms with Gasteiger partial charge in [-0.2, -0.15) is 0 Å². The summed E-state index contributed by atoms with van der Waals surface area (Å²) >= 11 is 0. The number of carbonyl (C=O) groups is 2. The fourth-order valence-corrected chi connectivity index (χ4v) is 7.52. The Hall–Kier alpha value is -4.28. The molecule has 1 aliphatic rings. The Morgan fingerprint density at radius 3 is 1.70 bits per heavy atom. The van der Waals surface area contributed by atoms with Crippen LogP contribution in [-0.4, -0.2) is 23.5 Å². The van der Waals surface area contributed by atoms with Gasteiger partial charge in [-0.3, -0.25) is 9.59 Å². The van der Waals surface area contributed by atoms with Crippen LogP contribution in [-0.2, 0) is 6.42 Å². The van der Waals surface area contributed by atoms with E-state index >= 15 is 0 Å². The minimum Gasteiger partial charge on any atom is -0.396 e. The summed E-state index contributed by atoms with van der Waals surface area (Å²) < 4.78 is 0. The molecule has 0 fully saturated rings. The molecule has 1 aliphatic heterocycles. The number of hydrogen-bond acceptors (Lipinski definition) is 3. The third-order valence-corrected chi connectivity index (χ3v) is 9.66. The molecule has 0 bridgehead atoms. The van der Waals surface area contributed by atoms with Crippen LogP contribution in [0.1, 0.15) is 103 Å². The number of aliphatic hydroxyl groups excluding tert-OH is 1. The van der Waals surface area contributed by atoms with Crippen molar-refractivity contribution in [1.82, 2.24) is 0 Å². The van der Waals surface area contributed by atoms with Gasteiger partial charge in [-0.1, -0.05) is 101 Å². The number of rotatable bonds is 9.